The maximum absolute atomic E-state index is 12.3. The maximum Gasteiger partial charge on any atom is 0.417 e. The van der Waals surface area contributed by atoms with E-state index in [0.717, 1.165) is 24.0 Å². The van der Waals surface area contributed by atoms with E-state index in [0.29, 0.717) is 5.69 Å². The molecule has 0 atom stereocenters. The minimum Gasteiger partial charge on any atom is -0.255 e. The van der Waals surface area contributed by atoms with Crippen LogP contribution >= 0.6 is 27.5 Å². The fraction of sp³-hybridized carbons (Fsp3) is 0.300. The van der Waals surface area contributed by atoms with Crippen LogP contribution in [-0.4, -0.2) is 10.3 Å². The van der Waals surface area contributed by atoms with Gasteiger partial charge in [0.2, 0.25) is 0 Å². The van der Waals surface area contributed by atoms with Crippen molar-refractivity contribution in [2.75, 3.05) is 5.33 Å². The third kappa shape index (κ3) is 3.79. The van der Waals surface area contributed by atoms with Gasteiger partial charge < -0.3 is 0 Å². The number of hydrogen-bond acceptors (Lipinski definition) is 1. The van der Waals surface area contributed by atoms with Crippen molar-refractivity contribution in [3.63, 3.8) is 0 Å². The lowest BCUT2D eigenvalue weighted by atomic mass is 10.2. The van der Waals surface area contributed by atoms with Gasteiger partial charge in [-0.3, -0.25) is 4.98 Å². The molecule has 88 valence electrons. The minimum absolute atomic E-state index is 0.000599. The van der Waals surface area contributed by atoms with Crippen molar-refractivity contribution in [2.24, 2.45) is 0 Å². The second kappa shape index (κ2) is 5.68. The van der Waals surface area contributed by atoms with Gasteiger partial charge in [-0.25, -0.2) is 0 Å². The molecule has 0 fully saturated rings. The summed E-state index contributed by atoms with van der Waals surface area (Å²) in [6.45, 7) is 0. The Kier molecular flexibility index (Phi) is 4.80. The summed E-state index contributed by atoms with van der Waals surface area (Å²) in [5, 5.41) is 0.780. The first kappa shape index (κ1) is 13.5. The van der Waals surface area contributed by atoms with Crippen LogP contribution in [0, 0.1) is 0 Å². The van der Waals surface area contributed by atoms with Crippen LogP contribution in [0.1, 0.15) is 17.7 Å². The Labute approximate surface area is 104 Å². The highest BCUT2D eigenvalue weighted by atomic mass is 79.9. The first-order valence-corrected chi connectivity index (χ1v) is 5.90. The van der Waals surface area contributed by atoms with Crippen LogP contribution < -0.4 is 0 Å². The van der Waals surface area contributed by atoms with Crippen molar-refractivity contribution in [1.29, 1.82) is 0 Å². The van der Waals surface area contributed by atoms with Crippen molar-refractivity contribution in [3.05, 3.63) is 34.6 Å². The van der Waals surface area contributed by atoms with E-state index >= 15 is 0 Å². The number of aromatic nitrogens is 1. The number of hydrogen-bond donors (Lipinski definition) is 0. The van der Waals surface area contributed by atoms with Gasteiger partial charge in [-0.2, -0.15) is 13.2 Å². The third-order valence-electron chi connectivity index (χ3n) is 1.75. The summed E-state index contributed by atoms with van der Waals surface area (Å²) in [6.07, 6.45) is 0.521. The second-order valence-corrected chi connectivity index (χ2v) is 4.17. The number of halogens is 5. The lowest BCUT2D eigenvalue weighted by Crippen LogP contribution is -2.05. The molecule has 0 saturated heterocycles. The second-order valence-electron chi connectivity index (χ2n) is 2.97. The highest BCUT2D eigenvalue weighted by Gasteiger charge is 2.31. The molecule has 0 unspecified atom stereocenters. The maximum atomic E-state index is 12.3. The Morgan fingerprint density at radius 2 is 2.12 bits per heavy atom. The number of rotatable bonds is 3. The van der Waals surface area contributed by atoms with E-state index in [9.17, 15) is 13.2 Å². The number of nitrogens with zero attached hydrogens (tertiary/aromatic N) is 1. The number of pyridine rings is 1. The first-order valence-electron chi connectivity index (χ1n) is 4.40. The molecule has 0 aliphatic carbocycles. The van der Waals surface area contributed by atoms with E-state index in [1.807, 2.05) is 0 Å². The van der Waals surface area contributed by atoms with Gasteiger partial charge in [-0.15, -0.1) is 0 Å². The lowest BCUT2D eigenvalue weighted by Gasteiger charge is -2.07. The molecule has 0 amide bonds. The fourth-order valence-corrected chi connectivity index (χ4v) is 1.48. The molecule has 0 aliphatic heterocycles. The van der Waals surface area contributed by atoms with E-state index in [4.69, 9.17) is 11.6 Å². The SMILES string of the molecule is FC(F)(F)c1cnc(C=CCCBr)c(Cl)c1. The quantitative estimate of drug-likeness (QED) is 0.746. The Morgan fingerprint density at radius 3 is 2.62 bits per heavy atom. The number of allylic oxidation sites excluding steroid dienone is 1. The van der Waals surface area contributed by atoms with E-state index in [-0.39, 0.29) is 5.02 Å². The summed E-state index contributed by atoms with van der Waals surface area (Å²) in [5.74, 6) is 0. The van der Waals surface area contributed by atoms with Gasteiger partial charge in [0.25, 0.3) is 0 Å². The molecule has 1 rings (SSSR count). The van der Waals surface area contributed by atoms with Crippen molar-refractivity contribution in [2.45, 2.75) is 12.6 Å². The Balaban J connectivity index is 2.92. The monoisotopic (exact) mass is 313 g/mol. The minimum atomic E-state index is -4.41. The molecular formula is C10H8BrClF3N. The predicted molar refractivity (Wildman–Crippen MR) is 61.7 cm³/mol. The Hall–Kier alpha value is -0.550. The van der Waals surface area contributed by atoms with Gasteiger partial charge in [0, 0.05) is 11.5 Å². The summed E-state index contributed by atoms with van der Waals surface area (Å²) in [4.78, 5) is 3.66. The topological polar surface area (TPSA) is 12.9 Å². The molecule has 1 nitrogen and oxygen atoms in total. The molecule has 16 heavy (non-hydrogen) atoms. The largest absolute Gasteiger partial charge is 0.417 e. The van der Waals surface area contributed by atoms with Gasteiger partial charge in [-0.1, -0.05) is 33.6 Å². The van der Waals surface area contributed by atoms with Crippen LogP contribution in [-0.2, 0) is 6.18 Å². The van der Waals surface area contributed by atoms with Gasteiger partial charge in [0.1, 0.15) is 0 Å². The molecule has 0 bridgehead atoms. The van der Waals surface area contributed by atoms with Crippen molar-refractivity contribution in [3.8, 4) is 0 Å². The molecule has 0 saturated carbocycles. The summed E-state index contributed by atoms with van der Waals surface area (Å²) in [5.41, 5.74) is -0.495. The standard InChI is InChI=1S/C10H8BrClF3N/c11-4-2-1-3-9-8(12)5-7(6-16-9)10(13,14)15/h1,3,5-6H,2,4H2. The van der Waals surface area contributed by atoms with Crippen LogP contribution in [0.2, 0.25) is 5.02 Å². The third-order valence-corrected chi connectivity index (χ3v) is 2.51. The van der Waals surface area contributed by atoms with Gasteiger partial charge in [0.05, 0.1) is 16.3 Å². The zero-order valence-corrected chi connectivity index (χ0v) is 10.4. The zero-order valence-electron chi connectivity index (χ0n) is 8.06. The van der Waals surface area contributed by atoms with Gasteiger partial charge in [-0.05, 0) is 18.6 Å². The zero-order chi connectivity index (χ0) is 12.2. The summed E-state index contributed by atoms with van der Waals surface area (Å²) in [7, 11) is 0. The van der Waals surface area contributed by atoms with E-state index in [2.05, 4.69) is 20.9 Å². The summed E-state index contributed by atoms with van der Waals surface area (Å²) in [6, 6.07) is 0.877. The molecule has 0 N–H and O–H groups in total. The number of alkyl halides is 4. The highest BCUT2D eigenvalue weighted by Crippen LogP contribution is 2.31. The van der Waals surface area contributed by atoms with Crippen LogP contribution in [0.15, 0.2) is 18.3 Å². The summed E-state index contributed by atoms with van der Waals surface area (Å²) < 4.78 is 36.8. The molecule has 1 aromatic rings. The Morgan fingerprint density at radius 1 is 1.44 bits per heavy atom. The van der Waals surface area contributed by atoms with Crippen LogP contribution in [0.4, 0.5) is 13.2 Å². The van der Waals surface area contributed by atoms with Crippen LogP contribution in [0.3, 0.4) is 0 Å². The first-order chi connectivity index (χ1) is 7.45. The molecule has 1 heterocycles. The molecular weight excluding hydrogens is 306 g/mol. The van der Waals surface area contributed by atoms with E-state index in [1.54, 1.807) is 12.2 Å². The average Bonchev–Trinajstić information content (AvgIpc) is 2.19. The van der Waals surface area contributed by atoms with Gasteiger partial charge in [0.15, 0.2) is 0 Å². The molecule has 0 aliphatic rings. The molecule has 0 aromatic carbocycles. The summed E-state index contributed by atoms with van der Waals surface area (Å²) >= 11 is 8.91. The molecule has 6 heteroatoms. The van der Waals surface area contributed by atoms with Crippen LogP contribution in [0.25, 0.3) is 6.08 Å². The van der Waals surface area contributed by atoms with Gasteiger partial charge >= 0.3 is 6.18 Å². The normalized spacial score (nSPS) is 12.3. The smallest absolute Gasteiger partial charge is 0.255 e. The molecule has 0 radical (unpaired) electrons. The Bertz CT molecular complexity index is 390. The lowest BCUT2D eigenvalue weighted by molar-refractivity contribution is -0.137. The molecule has 1 aromatic heterocycles. The van der Waals surface area contributed by atoms with E-state index < -0.39 is 11.7 Å². The van der Waals surface area contributed by atoms with Crippen molar-refractivity contribution >= 4 is 33.6 Å². The van der Waals surface area contributed by atoms with Crippen molar-refractivity contribution in [1.82, 2.24) is 4.98 Å². The molecule has 0 spiro atoms. The van der Waals surface area contributed by atoms with Crippen LogP contribution in [0.5, 0.6) is 0 Å². The highest BCUT2D eigenvalue weighted by molar-refractivity contribution is 9.09. The average molecular weight is 315 g/mol. The fourth-order valence-electron chi connectivity index (χ4n) is 0.984. The van der Waals surface area contributed by atoms with Crippen molar-refractivity contribution < 1.29 is 13.2 Å². The predicted octanol–water partition coefficient (Wildman–Crippen LogP) is 4.55. The van der Waals surface area contributed by atoms with E-state index in [1.165, 1.54) is 0 Å².